The van der Waals surface area contributed by atoms with Crippen LogP contribution < -0.4 is 10.1 Å². The molecule has 0 aliphatic rings. The van der Waals surface area contributed by atoms with E-state index in [0.29, 0.717) is 18.9 Å². The summed E-state index contributed by atoms with van der Waals surface area (Å²) in [5, 5.41) is 22.4. The molecule has 0 spiro atoms. The number of aliphatic hydroxyl groups excluding tert-OH is 1. The van der Waals surface area contributed by atoms with Crippen LogP contribution in [0.4, 0.5) is 22.0 Å². The van der Waals surface area contributed by atoms with Gasteiger partial charge in [-0.05, 0) is 69.4 Å². The van der Waals surface area contributed by atoms with Gasteiger partial charge in [0.25, 0.3) is 0 Å². The van der Waals surface area contributed by atoms with Gasteiger partial charge < -0.3 is 20.3 Å². The number of hydrogen-bond donors (Lipinski definition) is 3. The van der Waals surface area contributed by atoms with Crippen molar-refractivity contribution in [3.8, 4) is 5.75 Å². The Labute approximate surface area is 229 Å². The zero-order valence-electron chi connectivity index (χ0n) is 22.3. The van der Waals surface area contributed by atoms with Gasteiger partial charge in [0.15, 0.2) is 0 Å². The number of alkyl halides is 3. The fraction of sp³-hybridized carbons (Fsp3) is 0.500. The van der Waals surface area contributed by atoms with Crippen molar-refractivity contribution >= 4 is 16.0 Å². The molecule has 40 heavy (non-hydrogen) atoms. The van der Waals surface area contributed by atoms with Crippen LogP contribution in [0, 0.1) is 11.6 Å². The zero-order valence-corrected chi connectivity index (χ0v) is 23.1. The molecule has 0 unspecified atom stereocenters. The second-order valence-corrected chi connectivity index (χ2v) is 12.1. The number of rotatable bonds is 15. The minimum absolute atomic E-state index is 0.00959. The van der Waals surface area contributed by atoms with E-state index < -0.39 is 69.2 Å². The SMILES string of the molecule is CN(C[C@H](O)CNC(C)(C)CCCc1c(F)cccc1F)S(=O)(=O)c1cc(CCC(=O)O)cc(OC(F)(F)F)c1. The van der Waals surface area contributed by atoms with Crippen molar-refractivity contribution in [3.63, 3.8) is 0 Å². The number of aliphatic hydroxyl groups is 1. The zero-order chi connectivity index (χ0) is 30.3. The normalized spacial score (nSPS) is 13.4. The highest BCUT2D eigenvalue weighted by Gasteiger charge is 2.32. The maximum Gasteiger partial charge on any atom is 0.573 e. The third kappa shape index (κ3) is 10.6. The number of aryl methyl sites for hydroxylation is 1. The van der Waals surface area contributed by atoms with Crippen LogP contribution in [0.15, 0.2) is 41.3 Å². The van der Waals surface area contributed by atoms with Crippen LogP contribution in [0.5, 0.6) is 5.75 Å². The van der Waals surface area contributed by atoms with Crippen molar-refractivity contribution < 1.29 is 50.1 Å². The lowest BCUT2D eigenvalue weighted by molar-refractivity contribution is -0.274. The minimum atomic E-state index is -5.10. The average molecular weight is 597 g/mol. The Balaban J connectivity index is 2.03. The number of ether oxygens (including phenoxy) is 1. The van der Waals surface area contributed by atoms with Gasteiger partial charge in [-0.1, -0.05) is 6.07 Å². The number of sulfonamides is 1. The molecule has 2 aromatic carbocycles. The first-order valence-electron chi connectivity index (χ1n) is 12.3. The van der Waals surface area contributed by atoms with Gasteiger partial charge >= 0.3 is 12.3 Å². The van der Waals surface area contributed by atoms with Gasteiger partial charge in [-0.25, -0.2) is 17.2 Å². The highest BCUT2D eigenvalue weighted by Crippen LogP contribution is 2.29. The summed E-state index contributed by atoms with van der Waals surface area (Å²) in [5.41, 5.74) is -0.584. The van der Waals surface area contributed by atoms with E-state index in [4.69, 9.17) is 5.11 Å². The van der Waals surface area contributed by atoms with Gasteiger partial charge in [-0.15, -0.1) is 13.2 Å². The molecule has 0 bridgehead atoms. The summed E-state index contributed by atoms with van der Waals surface area (Å²) in [6.07, 6.45) is -5.92. The second-order valence-electron chi connectivity index (χ2n) is 10.0. The smallest absolute Gasteiger partial charge is 0.481 e. The van der Waals surface area contributed by atoms with E-state index in [2.05, 4.69) is 10.1 Å². The number of nitrogens with one attached hydrogen (secondary N) is 1. The molecule has 0 aromatic heterocycles. The average Bonchev–Trinajstić information content (AvgIpc) is 2.82. The number of hydrogen-bond acceptors (Lipinski definition) is 6. The van der Waals surface area contributed by atoms with E-state index in [1.807, 2.05) is 13.8 Å². The van der Waals surface area contributed by atoms with E-state index in [-0.39, 0.29) is 30.5 Å². The number of halogens is 5. The van der Waals surface area contributed by atoms with E-state index >= 15 is 0 Å². The standard InChI is InChI=1S/C26H33F5N2O6S/c1-25(2,11-5-6-21-22(27)7-4-8-23(21)28)32-15-18(34)16-33(3)40(37,38)20-13-17(9-10-24(35)36)12-19(14-20)39-26(29,30)31/h4,7-8,12-14,18,32,34H,5-6,9-11,15-16H2,1-3H3,(H,35,36)/t18-/m1/s1. The molecule has 0 aliphatic heterocycles. The van der Waals surface area contributed by atoms with Crippen molar-refractivity contribution in [3.05, 3.63) is 59.2 Å². The van der Waals surface area contributed by atoms with Crippen LogP contribution in [0.1, 0.15) is 44.2 Å². The Morgan fingerprint density at radius 2 is 1.73 bits per heavy atom. The Morgan fingerprint density at radius 1 is 1.10 bits per heavy atom. The van der Waals surface area contributed by atoms with E-state index in [9.17, 15) is 40.3 Å². The quantitative estimate of drug-likeness (QED) is 0.263. The number of nitrogens with zero attached hydrogens (tertiary/aromatic N) is 1. The van der Waals surface area contributed by atoms with Crippen LogP contribution in [0.25, 0.3) is 0 Å². The maximum absolute atomic E-state index is 13.8. The second kappa shape index (κ2) is 13.7. The first kappa shape index (κ1) is 33.4. The largest absolute Gasteiger partial charge is 0.573 e. The molecular formula is C26H33F5N2O6S. The molecule has 0 saturated heterocycles. The molecule has 224 valence electrons. The highest BCUT2D eigenvalue weighted by molar-refractivity contribution is 7.89. The highest BCUT2D eigenvalue weighted by atomic mass is 32.2. The third-order valence-electron chi connectivity index (χ3n) is 6.08. The van der Waals surface area contributed by atoms with Crippen molar-refractivity contribution in [1.82, 2.24) is 9.62 Å². The number of carboxylic acids is 1. The molecule has 0 heterocycles. The van der Waals surface area contributed by atoms with Crippen molar-refractivity contribution in [1.29, 1.82) is 0 Å². The van der Waals surface area contributed by atoms with Gasteiger partial charge in [0.05, 0.1) is 11.0 Å². The molecule has 2 rings (SSSR count). The molecule has 0 aliphatic carbocycles. The van der Waals surface area contributed by atoms with Crippen LogP contribution in [-0.2, 0) is 27.7 Å². The molecule has 3 N–H and O–H groups in total. The Morgan fingerprint density at radius 3 is 2.30 bits per heavy atom. The molecule has 1 atom stereocenters. The summed E-state index contributed by atoms with van der Waals surface area (Å²) >= 11 is 0. The summed E-state index contributed by atoms with van der Waals surface area (Å²) in [4.78, 5) is 10.3. The summed E-state index contributed by atoms with van der Waals surface area (Å²) < 4.78 is 96.8. The van der Waals surface area contributed by atoms with E-state index in [1.165, 1.54) is 18.2 Å². The van der Waals surface area contributed by atoms with Crippen molar-refractivity contribution in [2.75, 3.05) is 20.1 Å². The Hall–Kier alpha value is -2.81. The van der Waals surface area contributed by atoms with Crippen LogP contribution in [-0.4, -0.2) is 67.0 Å². The van der Waals surface area contributed by atoms with Crippen LogP contribution in [0.3, 0.4) is 0 Å². The van der Waals surface area contributed by atoms with Gasteiger partial charge in [0, 0.05) is 43.7 Å². The van der Waals surface area contributed by atoms with Crippen molar-refractivity contribution in [2.24, 2.45) is 0 Å². The first-order valence-corrected chi connectivity index (χ1v) is 13.8. The summed E-state index contributed by atoms with van der Waals surface area (Å²) in [5.74, 6) is -3.30. The monoisotopic (exact) mass is 596 g/mol. The first-order chi connectivity index (χ1) is 18.4. The van der Waals surface area contributed by atoms with E-state index in [0.717, 1.165) is 23.5 Å². The molecular weight excluding hydrogens is 563 g/mol. The van der Waals surface area contributed by atoms with Gasteiger partial charge in [-0.2, -0.15) is 4.31 Å². The lowest BCUT2D eigenvalue weighted by Gasteiger charge is -2.29. The number of β-amino-alcohol motifs (C(OH)–C–C–N with tert-alkyl or cyclic N) is 1. The summed E-state index contributed by atoms with van der Waals surface area (Å²) in [6.45, 7) is 3.15. The molecule has 0 amide bonds. The van der Waals surface area contributed by atoms with Gasteiger partial charge in [0.1, 0.15) is 17.4 Å². The fourth-order valence-electron chi connectivity index (χ4n) is 3.97. The van der Waals surface area contributed by atoms with E-state index in [1.54, 1.807) is 0 Å². The topological polar surface area (TPSA) is 116 Å². The van der Waals surface area contributed by atoms with Crippen molar-refractivity contribution in [2.45, 2.75) is 68.9 Å². The van der Waals surface area contributed by atoms with Crippen LogP contribution in [0.2, 0.25) is 0 Å². The van der Waals surface area contributed by atoms with Gasteiger partial charge in [0.2, 0.25) is 10.0 Å². The third-order valence-corrected chi connectivity index (χ3v) is 7.88. The maximum atomic E-state index is 13.8. The predicted molar refractivity (Wildman–Crippen MR) is 136 cm³/mol. The predicted octanol–water partition coefficient (Wildman–Crippen LogP) is 4.25. The Kier molecular flexibility index (Phi) is 11.4. The van der Waals surface area contributed by atoms with Gasteiger partial charge in [-0.3, -0.25) is 4.79 Å². The summed E-state index contributed by atoms with van der Waals surface area (Å²) in [7, 11) is -3.26. The minimum Gasteiger partial charge on any atom is -0.481 e. The number of carboxylic acid groups (broad SMARTS) is 1. The number of likely N-dealkylation sites (N-methyl/N-ethyl adjacent to an activating group) is 1. The number of benzene rings is 2. The lowest BCUT2D eigenvalue weighted by Crippen LogP contribution is -2.46. The lowest BCUT2D eigenvalue weighted by atomic mass is 9.95. The number of carbonyl (C=O) groups is 1. The molecule has 0 saturated carbocycles. The molecule has 2 aromatic rings. The number of aliphatic carboxylic acids is 1. The summed E-state index contributed by atoms with van der Waals surface area (Å²) in [6, 6.07) is 6.29. The van der Waals surface area contributed by atoms with Crippen LogP contribution >= 0.6 is 0 Å². The molecule has 0 radical (unpaired) electrons. The Bertz CT molecular complexity index is 1250. The molecule has 0 fully saturated rings. The fourth-order valence-corrected chi connectivity index (χ4v) is 5.26. The molecule has 8 nitrogen and oxygen atoms in total. The molecule has 14 heteroatoms.